The minimum absolute atomic E-state index is 0.0408. The molecule has 0 spiro atoms. The van der Waals surface area contributed by atoms with Gasteiger partial charge in [0.2, 0.25) is 10.0 Å². The number of fused-ring (bicyclic) bond motifs is 1. The lowest BCUT2D eigenvalue weighted by Gasteiger charge is -2.11. The van der Waals surface area contributed by atoms with E-state index in [1.807, 2.05) is 37.3 Å². The molecule has 0 aliphatic rings. The fourth-order valence-electron chi connectivity index (χ4n) is 2.58. The van der Waals surface area contributed by atoms with Crippen LogP contribution in [0.5, 0.6) is 0 Å². The fourth-order valence-corrected chi connectivity index (χ4v) is 3.38. The third-order valence-corrected chi connectivity index (χ3v) is 5.39. The first-order valence-corrected chi connectivity index (χ1v) is 9.19. The van der Waals surface area contributed by atoms with Crippen LogP contribution < -0.4 is 10.0 Å². The van der Waals surface area contributed by atoms with Gasteiger partial charge >= 0.3 is 0 Å². The Kier molecular flexibility index (Phi) is 4.40. The molecule has 7 nitrogen and oxygen atoms in total. The normalized spacial score (nSPS) is 13.1. The second-order valence-electron chi connectivity index (χ2n) is 5.76. The molecule has 3 rings (SSSR count). The number of sulfonamides is 1. The Morgan fingerprint density at radius 1 is 1.24 bits per heavy atom. The molecule has 2 N–H and O–H groups in total. The zero-order valence-electron chi connectivity index (χ0n) is 14.1. The Morgan fingerprint density at radius 3 is 2.64 bits per heavy atom. The summed E-state index contributed by atoms with van der Waals surface area (Å²) in [6, 6.07) is 10.4. The second kappa shape index (κ2) is 6.38. The van der Waals surface area contributed by atoms with E-state index in [0.29, 0.717) is 5.76 Å². The van der Waals surface area contributed by atoms with Gasteiger partial charge in [0, 0.05) is 18.6 Å². The minimum atomic E-state index is -3.60. The quantitative estimate of drug-likeness (QED) is 0.728. The summed E-state index contributed by atoms with van der Waals surface area (Å²) in [5.74, 6) is 0.250. The van der Waals surface area contributed by atoms with Crippen LogP contribution in [-0.4, -0.2) is 25.9 Å². The highest BCUT2D eigenvalue weighted by atomic mass is 32.2. The maximum absolute atomic E-state index is 12.5. The van der Waals surface area contributed by atoms with Gasteiger partial charge in [-0.1, -0.05) is 18.2 Å². The summed E-state index contributed by atoms with van der Waals surface area (Å²) in [7, 11) is -0.655. The molecular formula is C17H19N3O4S. The number of carbonyl (C=O) groups excluding carboxylic acids is 1. The lowest BCUT2D eigenvalue weighted by molar-refractivity contribution is 0.0927. The molecule has 1 unspecified atom stereocenters. The summed E-state index contributed by atoms with van der Waals surface area (Å²) < 4.78 is 33.2. The van der Waals surface area contributed by atoms with E-state index >= 15 is 0 Å². The number of nitrogens with zero attached hydrogens (tertiary/aromatic N) is 1. The lowest BCUT2D eigenvalue weighted by atomic mass is 10.2. The number of hydrogen-bond acceptors (Lipinski definition) is 4. The van der Waals surface area contributed by atoms with Crippen LogP contribution in [0.2, 0.25) is 0 Å². The summed E-state index contributed by atoms with van der Waals surface area (Å²) in [6.45, 7) is 1.81. The summed E-state index contributed by atoms with van der Waals surface area (Å²) in [5.41, 5.74) is 0.997. The highest BCUT2D eigenvalue weighted by molar-refractivity contribution is 7.89. The molecule has 1 atom stereocenters. The van der Waals surface area contributed by atoms with Crippen LogP contribution in [0.4, 0.5) is 0 Å². The van der Waals surface area contributed by atoms with E-state index in [1.165, 1.54) is 23.9 Å². The van der Waals surface area contributed by atoms with Crippen molar-refractivity contribution in [3.8, 4) is 0 Å². The molecule has 0 fully saturated rings. The fraction of sp³-hybridized carbons (Fsp3) is 0.235. The van der Waals surface area contributed by atoms with E-state index in [4.69, 9.17) is 4.42 Å². The minimum Gasteiger partial charge on any atom is -0.459 e. The van der Waals surface area contributed by atoms with Crippen molar-refractivity contribution in [2.75, 3.05) is 7.05 Å². The molecule has 0 aliphatic heterocycles. The molecule has 1 amide bonds. The Hall–Kier alpha value is -2.58. The number of carbonyl (C=O) groups is 1. The first-order chi connectivity index (χ1) is 11.8. The van der Waals surface area contributed by atoms with Gasteiger partial charge in [0.05, 0.1) is 6.04 Å². The van der Waals surface area contributed by atoms with Crippen LogP contribution in [0.15, 0.2) is 51.9 Å². The van der Waals surface area contributed by atoms with E-state index in [0.717, 1.165) is 11.0 Å². The molecule has 0 radical (unpaired) electrons. The first-order valence-electron chi connectivity index (χ1n) is 7.71. The second-order valence-corrected chi connectivity index (χ2v) is 7.65. The van der Waals surface area contributed by atoms with Crippen LogP contribution in [0.3, 0.4) is 0 Å². The molecule has 3 aromatic rings. The number of benzene rings is 1. The van der Waals surface area contributed by atoms with Gasteiger partial charge in [-0.05, 0) is 32.2 Å². The number of aryl methyl sites for hydroxylation is 1. The molecule has 8 heteroatoms. The molecule has 132 valence electrons. The monoisotopic (exact) mass is 361 g/mol. The van der Waals surface area contributed by atoms with Gasteiger partial charge in [0.15, 0.2) is 0 Å². The van der Waals surface area contributed by atoms with Crippen molar-refractivity contribution < 1.29 is 17.6 Å². The third kappa shape index (κ3) is 3.31. The predicted octanol–water partition coefficient (Wildman–Crippen LogP) is 2.17. The van der Waals surface area contributed by atoms with Crippen molar-refractivity contribution in [1.29, 1.82) is 0 Å². The van der Waals surface area contributed by atoms with Crippen LogP contribution in [0.25, 0.3) is 11.0 Å². The van der Waals surface area contributed by atoms with Crippen molar-refractivity contribution in [3.05, 3.63) is 54.0 Å². The van der Waals surface area contributed by atoms with E-state index in [1.54, 1.807) is 7.05 Å². The summed E-state index contributed by atoms with van der Waals surface area (Å²) >= 11 is 0. The summed E-state index contributed by atoms with van der Waals surface area (Å²) in [6.07, 6.45) is 1.40. The number of furan rings is 1. The van der Waals surface area contributed by atoms with Crippen molar-refractivity contribution in [2.24, 2.45) is 7.05 Å². The van der Waals surface area contributed by atoms with E-state index in [9.17, 15) is 13.2 Å². The SMILES string of the molecule is CNS(=O)(=O)c1cc(C(=O)NC(C)c2cc3ccccc3o2)n(C)c1. The first kappa shape index (κ1) is 17.2. The molecule has 2 heterocycles. The number of para-hydroxylation sites is 1. The molecule has 0 aliphatic carbocycles. The number of aromatic nitrogens is 1. The lowest BCUT2D eigenvalue weighted by Crippen LogP contribution is -2.27. The Morgan fingerprint density at radius 2 is 1.96 bits per heavy atom. The molecule has 0 saturated carbocycles. The Balaban J connectivity index is 1.82. The highest BCUT2D eigenvalue weighted by Crippen LogP contribution is 2.24. The van der Waals surface area contributed by atoms with Gasteiger partial charge in [-0.25, -0.2) is 13.1 Å². The zero-order chi connectivity index (χ0) is 18.2. The molecule has 0 bridgehead atoms. The van der Waals surface area contributed by atoms with E-state index in [-0.39, 0.29) is 22.5 Å². The number of hydrogen-bond donors (Lipinski definition) is 2. The van der Waals surface area contributed by atoms with Crippen LogP contribution in [0, 0.1) is 0 Å². The standard InChI is InChI=1S/C17H19N3O4S/c1-11(16-8-12-6-4-5-7-15(12)24-16)19-17(21)14-9-13(10-20(14)3)25(22,23)18-2/h4-11,18H,1-3H3,(H,19,21). The van der Waals surface area contributed by atoms with Gasteiger partial charge in [0.25, 0.3) is 5.91 Å². The molecule has 1 aromatic carbocycles. The number of amides is 1. The highest BCUT2D eigenvalue weighted by Gasteiger charge is 2.21. The van der Waals surface area contributed by atoms with Crippen molar-refractivity contribution in [1.82, 2.24) is 14.6 Å². The summed E-state index contributed by atoms with van der Waals surface area (Å²) in [4.78, 5) is 12.5. The Labute approximate surface area is 145 Å². The number of nitrogens with one attached hydrogen (secondary N) is 2. The van der Waals surface area contributed by atoms with E-state index in [2.05, 4.69) is 10.0 Å². The molecule has 25 heavy (non-hydrogen) atoms. The van der Waals surface area contributed by atoms with Crippen molar-refractivity contribution in [2.45, 2.75) is 17.9 Å². The average Bonchev–Trinajstić information content (AvgIpc) is 3.18. The van der Waals surface area contributed by atoms with Crippen LogP contribution >= 0.6 is 0 Å². The molecule has 0 saturated heterocycles. The smallest absolute Gasteiger partial charge is 0.268 e. The van der Waals surface area contributed by atoms with Crippen LogP contribution in [-0.2, 0) is 17.1 Å². The Bertz CT molecular complexity index is 1000. The largest absolute Gasteiger partial charge is 0.459 e. The average molecular weight is 361 g/mol. The molecule has 2 aromatic heterocycles. The zero-order valence-corrected chi connectivity index (χ0v) is 14.9. The van der Waals surface area contributed by atoms with E-state index < -0.39 is 10.0 Å². The van der Waals surface area contributed by atoms with Gasteiger partial charge in [0.1, 0.15) is 21.9 Å². The van der Waals surface area contributed by atoms with Crippen LogP contribution in [0.1, 0.15) is 29.2 Å². The number of rotatable bonds is 5. The molecular weight excluding hydrogens is 342 g/mol. The maximum atomic E-state index is 12.5. The third-order valence-electron chi connectivity index (χ3n) is 4.01. The van der Waals surface area contributed by atoms with Crippen molar-refractivity contribution >= 4 is 26.9 Å². The summed E-state index contributed by atoms with van der Waals surface area (Å²) in [5, 5.41) is 3.79. The maximum Gasteiger partial charge on any atom is 0.268 e. The van der Waals surface area contributed by atoms with Crippen molar-refractivity contribution in [3.63, 3.8) is 0 Å². The van der Waals surface area contributed by atoms with Gasteiger partial charge in [-0.3, -0.25) is 4.79 Å². The van der Waals surface area contributed by atoms with Gasteiger partial charge in [-0.15, -0.1) is 0 Å². The van der Waals surface area contributed by atoms with Gasteiger partial charge < -0.3 is 14.3 Å². The van der Waals surface area contributed by atoms with Gasteiger partial charge in [-0.2, -0.15) is 0 Å². The topological polar surface area (TPSA) is 93.3 Å². The predicted molar refractivity (Wildman–Crippen MR) is 93.8 cm³/mol.